The molecule has 0 bridgehead atoms. The average Bonchev–Trinajstić information content (AvgIpc) is 3.27. The summed E-state index contributed by atoms with van der Waals surface area (Å²) in [6, 6.07) is 17.8. The largest absolute Gasteiger partial charge is 0.494 e. The minimum absolute atomic E-state index is 0. The molecule has 3 aliphatic rings. The number of carbonyl (C=O) groups is 2. The molecule has 3 fully saturated rings. The molecule has 1 atom stereocenters. The summed E-state index contributed by atoms with van der Waals surface area (Å²) >= 11 is 0. The third kappa shape index (κ3) is 8.22. The van der Waals surface area contributed by atoms with Crippen molar-refractivity contribution in [2.24, 2.45) is 11.3 Å². The van der Waals surface area contributed by atoms with Crippen molar-refractivity contribution in [3.05, 3.63) is 65.7 Å². The van der Waals surface area contributed by atoms with Crippen LogP contribution in [0.5, 0.6) is 5.75 Å². The van der Waals surface area contributed by atoms with E-state index in [1.54, 1.807) is 0 Å². The van der Waals surface area contributed by atoms with E-state index in [-0.39, 0.29) is 67.3 Å². The van der Waals surface area contributed by atoms with Gasteiger partial charge in [-0.3, -0.25) is 9.59 Å². The summed E-state index contributed by atoms with van der Waals surface area (Å²) in [7, 11) is 0. The molecular weight excluding hydrogens is 560 g/mol. The van der Waals surface area contributed by atoms with E-state index in [4.69, 9.17) is 4.74 Å². The Labute approximate surface area is 254 Å². The van der Waals surface area contributed by atoms with Crippen LogP contribution in [0.25, 0.3) is 0 Å². The van der Waals surface area contributed by atoms with Crippen LogP contribution in [0.4, 0.5) is 8.78 Å². The first-order valence-corrected chi connectivity index (χ1v) is 15.2. The van der Waals surface area contributed by atoms with Crippen molar-refractivity contribution in [3.8, 4) is 5.75 Å². The van der Waals surface area contributed by atoms with Gasteiger partial charge in [0.05, 0.1) is 12.6 Å². The standard InChI is InChI=1S/C33H43F2N3O3.ClH/c1-2-41-28-10-8-25(9-11-28)23-38-24-32(22-30(38)39)17-20-37(21-18-32)19-14-29(26-6-4-3-5-7-26)36-31(40)27-12-15-33(34,35)16-13-27;/h3-11,27,29H,2,12-24H2,1H3,(H,36,40);1H/t29-;/m0./s1. The van der Waals surface area contributed by atoms with E-state index >= 15 is 0 Å². The molecule has 1 spiro atoms. The normalized spacial score (nSPS) is 21.1. The maximum absolute atomic E-state index is 13.6. The zero-order valence-corrected chi connectivity index (χ0v) is 25.4. The predicted molar refractivity (Wildman–Crippen MR) is 162 cm³/mol. The topological polar surface area (TPSA) is 61.9 Å². The first kappa shape index (κ1) is 32.2. The number of halogens is 3. The summed E-state index contributed by atoms with van der Waals surface area (Å²) in [6.45, 7) is 6.73. The van der Waals surface area contributed by atoms with Crippen molar-refractivity contribution in [1.82, 2.24) is 15.1 Å². The summed E-state index contributed by atoms with van der Waals surface area (Å²) in [5.41, 5.74) is 2.20. The van der Waals surface area contributed by atoms with E-state index in [1.165, 1.54) is 0 Å². The van der Waals surface area contributed by atoms with Gasteiger partial charge in [0.1, 0.15) is 5.75 Å². The Kier molecular flexibility index (Phi) is 10.9. The van der Waals surface area contributed by atoms with E-state index < -0.39 is 5.92 Å². The Morgan fingerprint density at radius 2 is 1.69 bits per heavy atom. The highest BCUT2D eigenvalue weighted by Crippen LogP contribution is 2.42. The van der Waals surface area contributed by atoms with Crippen molar-refractivity contribution >= 4 is 24.2 Å². The maximum Gasteiger partial charge on any atom is 0.248 e. The van der Waals surface area contributed by atoms with E-state index in [1.807, 2.05) is 66.4 Å². The van der Waals surface area contributed by atoms with Gasteiger partial charge in [0.2, 0.25) is 17.7 Å². The number of ether oxygens (including phenoxy) is 1. The number of benzene rings is 2. The predicted octanol–water partition coefficient (Wildman–Crippen LogP) is 6.39. The van der Waals surface area contributed by atoms with Crippen LogP contribution in [0.15, 0.2) is 54.6 Å². The van der Waals surface area contributed by atoms with Gasteiger partial charge in [0, 0.05) is 44.8 Å². The Bertz CT molecular complexity index is 1160. The second-order valence-electron chi connectivity index (χ2n) is 12.2. The number of hydrogen-bond acceptors (Lipinski definition) is 4. The molecule has 5 rings (SSSR count). The van der Waals surface area contributed by atoms with E-state index in [9.17, 15) is 18.4 Å². The molecule has 2 aliphatic heterocycles. The Morgan fingerprint density at radius 1 is 1.02 bits per heavy atom. The summed E-state index contributed by atoms with van der Waals surface area (Å²) in [5, 5.41) is 3.19. The molecule has 1 saturated carbocycles. The molecule has 230 valence electrons. The highest BCUT2D eigenvalue weighted by molar-refractivity contribution is 5.85. The zero-order valence-electron chi connectivity index (χ0n) is 24.5. The molecule has 1 aliphatic carbocycles. The highest BCUT2D eigenvalue weighted by Gasteiger charge is 2.44. The molecule has 1 N–H and O–H groups in total. The number of rotatable bonds is 10. The summed E-state index contributed by atoms with van der Waals surface area (Å²) in [4.78, 5) is 30.4. The van der Waals surface area contributed by atoms with Gasteiger partial charge in [-0.15, -0.1) is 12.4 Å². The quantitative estimate of drug-likeness (QED) is 0.342. The molecule has 2 aromatic rings. The van der Waals surface area contributed by atoms with Gasteiger partial charge in [-0.05, 0) is 80.8 Å². The summed E-state index contributed by atoms with van der Waals surface area (Å²) in [5.74, 6) is -2.01. The lowest BCUT2D eigenvalue weighted by Gasteiger charge is -2.39. The second-order valence-corrected chi connectivity index (χ2v) is 12.2. The van der Waals surface area contributed by atoms with E-state index in [0.717, 1.165) is 62.3 Å². The van der Waals surface area contributed by atoms with Crippen molar-refractivity contribution in [2.45, 2.75) is 76.8 Å². The van der Waals surface area contributed by atoms with E-state index in [2.05, 4.69) is 10.2 Å². The monoisotopic (exact) mass is 603 g/mol. The Morgan fingerprint density at radius 3 is 2.33 bits per heavy atom. The Hall–Kier alpha value is -2.71. The van der Waals surface area contributed by atoms with Gasteiger partial charge in [-0.25, -0.2) is 8.78 Å². The van der Waals surface area contributed by atoms with Crippen molar-refractivity contribution < 1.29 is 23.1 Å². The van der Waals surface area contributed by atoms with E-state index in [0.29, 0.717) is 19.6 Å². The van der Waals surface area contributed by atoms with Gasteiger partial charge in [0.15, 0.2) is 0 Å². The van der Waals surface area contributed by atoms with Gasteiger partial charge in [-0.2, -0.15) is 0 Å². The number of piperidine rings is 1. The van der Waals surface area contributed by atoms with Crippen LogP contribution in [0, 0.1) is 11.3 Å². The highest BCUT2D eigenvalue weighted by atomic mass is 35.5. The van der Waals surface area contributed by atoms with Crippen LogP contribution in [0.3, 0.4) is 0 Å². The number of alkyl halides is 2. The minimum atomic E-state index is -2.64. The fraction of sp³-hybridized carbons (Fsp3) is 0.576. The first-order valence-electron chi connectivity index (χ1n) is 15.2. The maximum atomic E-state index is 13.6. The number of carbonyl (C=O) groups excluding carboxylic acids is 2. The molecule has 2 amide bonds. The number of likely N-dealkylation sites (tertiary alicyclic amines) is 2. The van der Waals surface area contributed by atoms with Crippen LogP contribution in [0.2, 0.25) is 0 Å². The molecular formula is C33H44ClF2N3O3. The number of nitrogens with zero attached hydrogens (tertiary/aromatic N) is 2. The molecule has 0 unspecified atom stereocenters. The molecule has 42 heavy (non-hydrogen) atoms. The third-order valence-corrected chi connectivity index (χ3v) is 9.27. The van der Waals surface area contributed by atoms with Gasteiger partial charge in [-0.1, -0.05) is 42.5 Å². The number of nitrogens with one attached hydrogen (secondary N) is 1. The first-order chi connectivity index (χ1) is 19.7. The lowest BCUT2D eigenvalue weighted by atomic mass is 9.77. The van der Waals surface area contributed by atoms with Gasteiger partial charge >= 0.3 is 0 Å². The molecule has 0 radical (unpaired) electrons. The van der Waals surface area contributed by atoms with Crippen LogP contribution < -0.4 is 10.1 Å². The molecule has 2 heterocycles. The molecule has 6 nitrogen and oxygen atoms in total. The number of amides is 2. The summed E-state index contributed by atoms with van der Waals surface area (Å²) < 4.78 is 32.8. The third-order valence-electron chi connectivity index (χ3n) is 9.27. The minimum Gasteiger partial charge on any atom is -0.494 e. The smallest absolute Gasteiger partial charge is 0.248 e. The zero-order chi connectivity index (χ0) is 28.9. The van der Waals surface area contributed by atoms with Gasteiger partial charge < -0.3 is 19.9 Å². The number of hydrogen-bond donors (Lipinski definition) is 1. The van der Waals surface area contributed by atoms with Crippen LogP contribution in [-0.2, 0) is 16.1 Å². The molecule has 0 aromatic heterocycles. The fourth-order valence-electron chi connectivity index (χ4n) is 6.70. The van der Waals surface area contributed by atoms with Crippen molar-refractivity contribution in [2.75, 3.05) is 32.8 Å². The lowest BCUT2D eigenvalue weighted by molar-refractivity contribution is -0.130. The molecule has 2 saturated heterocycles. The second kappa shape index (κ2) is 14.2. The summed E-state index contributed by atoms with van der Waals surface area (Å²) in [6.07, 6.45) is 3.39. The van der Waals surface area contributed by atoms with Crippen LogP contribution >= 0.6 is 12.4 Å². The lowest BCUT2D eigenvalue weighted by Crippen LogP contribution is -2.43. The Balaban J connectivity index is 0.00000405. The van der Waals surface area contributed by atoms with Crippen LogP contribution in [-0.4, -0.2) is 60.3 Å². The fourth-order valence-corrected chi connectivity index (χ4v) is 6.70. The van der Waals surface area contributed by atoms with Crippen molar-refractivity contribution in [1.29, 1.82) is 0 Å². The molecule has 2 aromatic carbocycles. The average molecular weight is 604 g/mol. The van der Waals surface area contributed by atoms with Crippen LogP contribution in [0.1, 0.15) is 75.5 Å². The van der Waals surface area contributed by atoms with Gasteiger partial charge in [0.25, 0.3) is 0 Å². The van der Waals surface area contributed by atoms with Crippen molar-refractivity contribution in [3.63, 3.8) is 0 Å². The SMILES string of the molecule is CCOc1ccc(CN2CC3(CCN(CC[C@H](NC(=O)C4CCC(F)(F)CC4)c4ccccc4)CC3)CC2=O)cc1.Cl. The molecule has 9 heteroatoms.